The maximum absolute atomic E-state index is 14.0. The molecule has 0 spiro atoms. The van der Waals surface area contributed by atoms with Crippen molar-refractivity contribution in [2.45, 2.75) is 43.4 Å². The van der Waals surface area contributed by atoms with E-state index in [0.717, 1.165) is 34.4 Å². The topological polar surface area (TPSA) is 29.1 Å². The van der Waals surface area contributed by atoms with Crippen molar-refractivity contribution in [3.63, 3.8) is 0 Å². The van der Waals surface area contributed by atoms with Crippen molar-refractivity contribution in [2.24, 2.45) is 5.92 Å². The average molecular weight is 422 g/mol. The first-order valence-electron chi connectivity index (χ1n) is 10.8. The number of rotatable bonds is 6. The van der Waals surface area contributed by atoms with Crippen LogP contribution in [0.5, 0.6) is 0 Å². The fraction of sp³-hybridized carbons (Fsp3) is 0.346. The van der Waals surface area contributed by atoms with E-state index < -0.39 is 0 Å². The van der Waals surface area contributed by atoms with Gasteiger partial charge in [0, 0.05) is 11.4 Å². The first-order chi connectivity index (χ1) is 14.6. The summed E-state index contributed by atoms with van der Waals surface area (Å²) in [7, 11) is 0. The third-order valence-electron chi connectivity index (χ3n) is 6.07. The summed E-state index contributed by atoms with van der Waals surface area (Å²) >= 11 is 1.71. The fourth-order valence-electron chi connectivity index (χ4n) is 4.41. The third kappa shape index (κ3) is 5.04. The van der Waals surface area contributed by atoms with Crippen LogP contribution in [0.25, 0.3) is 17.2 Å². The molecule has 156 valence electrons. The molecule has 0 atom stereocenters. The molecule has 0 heterocycles. The van der Waals surface area contributed by atoms with Crippen molar-refractivity contribution in [2.75, 3.05) is 12.8 Å². The Morgan fingerprint density at radius 3 is 2.60 bits per heavy atom. The minimum Gasteiger partial charge on any atom is -0.356 e. The minimum atomic E-state index is -0.271. The van der Waals surface area contributed by atoms with Crippen LogP contribution in [0.3, 0.4) is 0 Å². The lowest BCUT2D eigenvalue weighted by Crippen LogP contribution is -2.30. The van der Waals surface area contributed by atoms with Crippen LogP contribution in [-0.4, -0.2) is 18.7 Å². The van der Waals surface area contributed by atoms with E-state index in [4.69, 9.17) is 0 Å². The maximum Gasteiger partial charge on any atom is 0.224 e. The van der Waals surface area contributed by atoms with E-state index >= 15 is 0 Å². The number of hydrogen-bond acceptors (Lipinski definition) is 2. The lowest BCUT2D eigenvalue weighted by Gasteiger charge is -2.21. The highest BCUT2D eigenvalue weighted by Gasteiger charge is 2.22. The number of carbonyl (C=O) groups excluding carboxylic acids is 1. The number of allylic oxidation sites excluding steroid dienone is 2. The van der Waals surface area contributed by atoms with Crippen LogP contribution in [0.15, 0.2) is 53.4 Å². The van der Waals surface area contributed by atoms with Crippen LogP contribution in [0.4, 0.5) is 4.39 Å². The first-order valence-corrected chi connectivity index (χ1v) is 12.0. The molecule has 1 N–H and O–H groups in total. The summed E-state index contributed by atoms with van der Waals surface area (Å²) in [5.74, 6) is 0.352. The summed E-state index contributed by atoms with van der Waals surface area (Å²) in [6.07, 6.45) is 12.7. The Bertz CT molecular complexity index is 971. The molecule has 0 unspecified atom stereocenters. The predicted octanol–water partition coefficient (Wildman–Crippen LogP) is 6.57. The molecule has 1 amide bonds. The molecule has 1 fully saturated rings. The summed E-state index contributed by atoms with van der Waals surface area (Å²) in [5.41, 5.74) is 4.82. The summed E-state index contributed by atoms with van der Waals surface area (Å²) in [6, 6.07) is 13.2. The summed E-state index contributed by atoms with van der Waals surface area (Å²) in [4.78, 5) is 13.8. The highest BCUT2D eigenvalue weighted by molar-refractivity contribution is 7.98. The molecule has 0 radical (unpaired) electrons. The molecule has 4 rings (SSSR count). The molecular formula is C26H28FNOS. The van der Waals surface area contributed by atoms with E-state index in [9.17, 15) is 9.18 Å². The molecule has 2 nitrogen and oxygen atoms in total. The van der Waals surface area contributed by atoms with Crippen molar-refractivity contribution >= 4 is 34.9 Å². The minimum absolute atomic E-state index is 0.0209. The molecule has 0 aliphatic heterocycles. The Balaban J connectivity index is 1.51. The van der Waals surface area contributed by atoms with Crippen LogP contribution in [0.2, 0.25) is 0 Å². The SMILES string of the molecule is CSc1ccc(/C=C2\C=C(CC(=O)NCC3CCCCC3)c3cc(F)ccc32)cc1. The monoisotopic (exact) mass is 421 g/mol. The van der Waals surface area contributed by atoms with Gasteiger partial charge in [-0.05, 0) is 89.3 Å². The van der Waals surface area contributed by atoms with Gasteiger partial charge in [-0.15, -0.1) is 11.8 Å². The maximum atomic E-state index is 14.0. The van der Waals surface area contributed by atoms with Crippen LogP contribution >= 0.6 is 11.8 Å². The van der Waals surface area contributed by atoms with Gasteiger partial charge in [-0.3, -0.25) is 4.79 Å². The molecule has 2 aromatic carbocycles. The molecule has 2 aliphatic rings. The lowest BCUT2D eigenvalue weighted by molar-refractivity contribution is -0.120. The molecule has 0 aromatic heterocycles. The van der Waals surface area contributed by atoms with Crippen molar-refractivity contribution in [3.8, 4) is 0 Å². The molecule has 2 aromatic rings. The molecule has 0 bridgehead atoms. The van der Waals surface area contributed by atoms with Crippen molar-refractivity contribution in [1.29, 1.82) is 0 Å². The molecule has 0 saturated heterocycles. The number of nitrogens with one attached hydrogen (secondary N) is 1. The number of hydrogen-bond donors (Lipinski definition) is 1. The van der Waals surface area contributed by atoms with Gasteiger partial charge in [0.25, 0.3) is 0 Å². The first kappa shape index (κ1) is 20.9. The van der Waals surface area contributed by atoms with Crippen molar-refractivity contribution < 1.29 is 9.18 Å². The quantitative estimate of drug-likeness (QED) is 0.534. The van der Waals surface area contributed by atoms with Gasteiger partial charge < -0.3 is 5.32 Å². The van der Waals surface area contributed by atoms with Gasteiger partial charge in [-0.1, -0.05) is 37.5 Å². The van der Waals surface area contributed by atoms with Crippen LogP contribution in [-0.2, 0) is 4.79 Å². The number of halogens is 1. The summed E-state index contributed by atoms with van der Waals surface area (Å²) in [5, 5.41) is 3.11. The zero-order valence-electron chi connectivity index (χ0n) is 17.4. The number of fused-ring (bicyclic) bond motifs is 1. The average Bonchev–Trinajstić information content (AvgIpc) is 3.09. The predicted molar refractivity (Wildman–Crippen MR) is 125 cm³/mol. The second-order valence-corrected chi connectivity index (χ2v) is 9.10. The Hall–Kier alpha value is -2.33. The van der Waals surface area contributed by atoms with Crippen LogP contribution < -0.4 is 5.32 Å². The molecule has 4 heteroatoms. The smallest absolute Gasteiger partial charge is 0.224 e. The van der Waals surface area contributed by atoms with Gasteiger partial charge in [0.15, 0.2) is 0 Å². The number of carbonyl (C=O) groups is 1. The fourth-order valence-corrected chi connectivity index (χ4v) is 4.82. The largest absolute Gasteiger partial charge is 0.356 e. The highest BCUT2D eigenvalue weighted by atomic mass is 32.2. The number of amides is 1. The van der Waals surface area contributed by atoms with Crippen LogP contribution in [0.1, 0.15) is 55.2 Å². The summed E-state index contributed by atoms with van der Waals surface area (Å²) < 4.78 is 14.0. The van der Waals surface area contributed by atoms with E-state index in [1.54, 1.807) is 17.8 Å². The third-order valence-corrected chi connectivity index (χ3v) is 6.81. The Kier molecular flexibility index (Phi) is 6.73. The van der Waals surface area contributed by atoms with E-state index in [-0.39, 0.29) is 18.1 Å². The number of benzene rings is 2. The van der Waals surface area contributed by atoms with Gasteiger partial charge in [-0.25, -0.2) is 4.39 Å². The Labute approximate surface area is 182 Å². The molecule has 1 saturated carbocycles. The lowest BCUT2D eigenvalue weighted by atomic mass is 9.89. The summed E-state index contributed by atoms with van der Waals surface area (Å²) in [6.45, 7) is 0.757. The zero-order chi connectivity index (χ0) is 20.9. The van der Waals surface area contributed by atoms with Crippen LogP contribution in [0, 0.1) is 11.7 Å². The molecule has 2 aliphatic carbocycles. The Morgan fingerprint density at radius 2 is 1.87 bits per heavy atom. The van der Waals surface area contributed by atoms with E-state index in [0.29, 0.717) is 5.92 Å². The molecule has 30 heavy (non-hydrogen) atoms. The van der Waals surface area contributed by atoms with E-state index in [1.807, 2.05) is 12.1 Å². The van der Waals surface area contributed by atoms with E-state index in [2.05, 4.69) is 41.9 Å². The van der Waals surface area contributed by atoms with Gasteiger partial charge >= 0.3 is 0 Å². The second kappa shape index (κ2) is 9.65. The van der Waals surface area contributed by atoms with E-state index in [1.165, 1.54) is 43.1 Å². The van der Waals surface area contributed by atoms with Crippen molar-refractivity contribution in [1.82, 2.24) is 5.32 Å². The number of thioether (sulfide) groups is 1. The Morgan fingerprint density at radius 1 is 1.10 bits per heavy atom. The van der Waals surface area contributed by atoms with Gasteiger partial charge in [0.1, 0.15) is 5.82 Å². The standard InChI is InChI=1S/C26H28FNOS/c1-30-23-10-7-18(8-11-23)13-20-14-21(25-16-22(27)9-12-24(20)25)15-26(29)28-17-19-5-3-2-4-6-19/h7-14,16,19H,2-6,15,17H2,1H3,(H,28,29)/b20-13+. The van der Waals surface area contributed by atoms with Gasteiger partial charge in [-0.2, -0.15) is 0 Å². The highest BCUT2D eigenvalue weighted by Crippen LogP contribution is 2.38. The normalized spacial score (nSPS) is 17.7. The van der Waals surface area contributed by atoms with Gasteiger partial charge in [0.2, 0.25) is 5.91 Å². The van der Waals surface area contributed by atoms with Crippen molar-refractivity contribution in [3.05, 3.63) is 71.0 Å². The zero-order valence-corrected chi connectivity index (χ0v) is 18.2. The molecular weight excluding hydrogens is 393 g/mol. The second-order valence-electron chi connectivity index (χ2n) is 8.22. The van der Waals surface area contributed by atoms with Gasteiger partial charge in [0.05, 0.1) is 6.42 Å².